The molecule has 0 aliphatic heterocycles. The third-order valence-corrected chi connectivity index (χ3v) is 5.06. The number of nitrogens with one attached hydrogen (secondary N) is 2. The molecule has 0 aliphatic rings. The fourth-order valence-corrected chi connectivity index (χ4v) is 3.31. The molecule has 0 saturated carbocycles. The molecular weight excluding hydrogens is 388 g/mol. The van der Waals surface area contributed by atoms with Crippen LogP contribution in [-0.2, 0) is 0 Å². The van der Waals surface area contributed by atoms with E-state index in [1.54, 1.807) is 30.5 Å². The number of anilines is 1. The highest BCUT2D eigenvalue weighted by Crippen LogP contribution is 2.28. The molecule has 2 aromatic carbocycles. The molecule has 2 heterocycles. The van der Waals surface area contributed by atoms with Crippen molar-refractivity contribution in [2.75, 3.05) is 11.9 Å². The predicted octanol–water partition coefficient (Wildman–Crippen LogP) is 4.63. The molecule has 2 aromatic heterocycles. The van der Waals surface area contributed by atoms with Crippen LogP contribution in [0, 0.1) is 0 Å². The third-order valence-electron chi connectivity index (χ3n) is 4.75. The number of amides is 1. The lowest BCUT2D eigenvalue weighted by Crippen LogP contribution is -2.13. The molecule has 1 unspecified atom stereocenters. The normalized spacial score (nSPS) is 12.1. The first-order chi connectivity index (χ1) is 14.1. The van der Waals surface area contributed by atoms with Gasteiger partial charge in [0.1, 0.15) is 11.2 Å². The number of aromatic nitrogens is 3. The maximum atomic E-state index is 12.9. The lowest BCUT2D eigenvalue weighted by atomic mass is 10.0. The number of halogens is 1. The van der Waals surface area contributed by atoms with Crippen molar-refractivity contribution in [1.82, 2.24) is 15.0 Å². The summed E-state index contributed by atoms with van der Waals surface area (Å²) in [5.74, 6) is 0.265. The maximum Gasteiger partial charge on any atom is 0.257 e. The summed E-state index contributed by atoms with van der Waals surface area (Å²) in [6, 6.07) is 16.3. The number of nitrogens with zero attached hydrogens (tertiary/aromatic N) is 2. The summed E-state index contributed by atoms with van der Waals surface area (Å²) in [6.45, 7) is 1.93. The summed E-state index contributed by atoms with van der Waals surface area (Å²) in [6.07, 6.45) is 1.69. The van der Waals surface area contributed by atoms with Crippen LogP contribution in [-0.4, -0.2) is 32.6 Å². The van der Waals surface area contributed by atoms with E-state index in [1.165, 1.54) is 0 Å². The number of carbonyl (C=O) groups excluding carboxylic acids is 1. The predicted molar refractivity (Wildman–Crippen MR) is 114 cm³/mol. The van der Waals surface area contributed by atoms with Crippen molar-refractivity contribution >= 4 is 34.2 Å². The van der Waals surface area contributed by atoms with Gasteiger partial charge < -0.3 is 15.4 Å². The number of pyridine rings is 1. The Kier molecular flexibility index (Phi) is 5.29. The molecule has 0 saturated heterocycles. The van der Waals surface area contributed by atoms with E-state index in [0.29, 0.717) is 33.3 Å². The molecule has 0 spiro atoms. The van der Waals surface area contributed by atoms with E-state index in [4.69, 9.17) is 11.6 Å². The first kappa shape index (κ1) is 19.1. The zero-order chi connectivity index (χ0) is 20.4. The van der Waals surface area contributed by atoms with Crippen LogP contribution >= 0.6 is 11.6 Å². The molecule has 0 aliphatic carbocycles. The SMILES string of the molecule is CC(CO)c1ccc(NC(=O)c2cccc3[nH]c(-c4ccccn4)nc23)c(Cl)c1. The average molecular weight is 407 g/mol. The second-order valence-electron chi connectivity index (χ2n) is 6.78. The lowest BCUT2D eigenvalue weighted by Gasteiger charge is -2.12. The number of rotatable bonds is 5. The van der Waals surface area contributed by atoms with Crippen LogP contribution in [0.3, 0.4) is 0 Å². The number of hydrogen-bond acceptors (Lipinski definition) is 4. The first-order valence-corrected chi connectivity index (χ1v) is 9.56. The van der Waals surface area contributed by atoms with Gasteiger partial charge in [0.15, 0.2) is 5.82 Å². The van der Waals surface area contributed by atoms with Gasteiger partial charge in [0.05, 0.1) is 21.8 Å². The van der Waals surface area contributed by atoms with Gasteiger partial charge >= 0.3 is 0 Å². The smallest absolute Gasteiger partial charge is 0.257 e. The Morgan fingerprint density at radius 1 is 1.21 bits per heavy atom. The Morgan fingerprint density at radius 2 is 2.07 bits per heavy atom. The highest BCUT2D eigenvalue weighted by molar-refractivity contribution is 6.34. The minimum Gasteiger partial charge on any atom is -0.396 e. The molecule has 1 amide bonds. The number of fused-ring (bicyclic) bond motifs is 1. The van der Waals surface area contributed by atoms with Gasteiger partial charge in [0.25, 0.3) is 5.91 Å². The topological polar surface area (TPSA) is 90.9 Å². The van der Waals surface area contributed by atoms with Gasteiger partial charge in [-0.1, -0.05) is 36.7 Å². The Hall–Kier alpha value is -3.22. The van der Waals surface area contributed by atoms with Gasteiger partial charge in [-0.3, -0.25) is 9.78 Å². The molecule has 146 valence electrons. The van der Waals surface area contributed by atoms with Crippen LogP contribution in [0.5, 0.6) is 0 Å². The molecule has 4 aromatic rings. The lowest BCUT2D eigenvalue weighted by molar-refractivity contribution is 0.102. The van der Waals surface area contributed by atoms with E-state index in [0.717, 1.165) is 11.1 Å². The van der Waals surface area contributed by atoms with Gasteiger partial charge in [0, 0.05) is 18.7 Å². The molecule has 0 radical (unpaired) electrons. The fourth-order valence-electron chi connectivity index (χ4n) is 3.07. The summed E-state index contributed by atoms with van der Waals surface area (Å²) in [5.41, 5.74) is 3.85. The van der Waals surface area contributed by atoms with Crippen LogP contribution in [0.1, 0.15) is 28.8 Å². The summed E-state index contributed by atoms with van der Waals surface area (Å²) in [4.78, 5) is 25.0. The van der Waals surface area contributed by atoms with E-state index in [2.05, 4.69) is 20.3 Å². The minimum atomic E-state index is -0.306. The van der Waals surface area contributed by atoms with Crippen LogP contribution in [0.2, 0.25) is 5.02 Å². The molecule has 1 atom stereocenters. The maximum absolute atomic E-state index is 12.9. The standard InChI is InChI=1S/C22H19ClN4O2/c1-13(12-28)14-8-9-17(16(23)11-14)26-22(29)15-5-4-7-18-20(15)27-21(25-18)19-6-2-3-10-24-19/h2-11,13,28H,12H2,1H3,(H,25,27)(H,26,29). The zero-order valence-corrected chi connectivity index (χ0v) is 16.4. The highest BCUT2D eigenvalue weighted by Gasteiger charge is 2.16. The zero-order valence-electron chi connectivity index (χ0n) is 15.7. The molecule has 29 heavy (non-hydrogen) atoms. The second kappa shape index (κ2) is 8.03. The summed E-state index contributed by atoms with van der Waals surface area (Å²) < 4.78 is 0. The second-order valence-corrected chi connectivity index (χ2v) is 7.19. The molecular formula is C22H19ClN4O2. The number of H-pyrrole nitrogens is 1. The van der Waals surface area contributed by atoms with Crippen molar-refractivity contribution in [3.05, 3.63) is 76.9 Å². The van der Waals surface area contributed by atoms with Crippen molar-refractivity contribution in [1.29, 1.82) is 0 Å². The van der Waals surface area contributed by atoms with Gasteiger partial charge in [-0.2, -0.15) is 0 Å². The van der Waals surface area contributed by atoms with Crippen LogP contribution in [0.25, 0.3) is 22.6 Å². The number of para-hydroxylation sites is 1. The number of carbonyl (C=O) groups is 1. The van der Waals surface area contributed by atoms with Gasteiger partial charge in [-0.05, 0) is 42.0 Å². The van der Waals surface area contributed by atoms with Crippen LogP contribution < -0.4 is 5.32 Å². The van der Waals surface area contributed by atoms with Gasteiger partial charge in [0.2, 0.25) is 0 Å². The van der Waals surface area contributed by atoms with Crippen molar-refractivity contribution < 1.29 is 9.90 Å². The number of benzene rings is 2. The number of aliphatic hydroxyl groups excluding tert-OH is 1. The summed E-state index contributed by atoms with van der Waals surface area (Å²) in [5, 5.41) is 12.6. The van der Waals surface area contributed by atoms with Crippen molar-refractivity contribution in [3.8, 4) is 11.5 Å². The Bertz CT molecular complexity index is 1170. The van der Waals surface area contributed by atoms with E-state index < -0.39 is 0 Å². The van der Waals surface area contributed by atoms with Crippen LogP contribution in [0.4, 0.5) is 5.69 Å². The van der Waals surface area contributed by atoms with Crippen molar-refractivity contribution in [2.45, 2.75) is 12.8 Å². The summed E-state index contributed by atoms with van der Waals surface area (Å²) >= 11 is 6.34. The molecule has 6 nitrogen and oxygen atoms in total. The van der Waals surface area contributed by atoms with E-state index >= 15 is 0 Å². The molecule has 3 N–H and O–H groups in total. The van der Waals surface area contributed by atoms with Gasteiger partial charge in [-0.25, -0.2) is 4.98 Å². The largest absolute Gasteiger partial charge is 0.396 e. The Labute approximate surface area is 172 Å². The minimum absolute atomic E-state index is 0.0277. The molecule has 7 heteroatoms. The number of aromatic amines is 1. The monoisotopic (exact) mass is 406 g/mol. The van der Waals surface area contributed by atoms with E-state index in [1.807, 2.05) is 37.3 Å². The van der Waals surface area contributed by atoms with Gasteiger partial charge in [-0.15, -0.1) is 0 Å². The number of hydrogen-bond donors (Lipinski definition) is 3. The van der Waals surface area contributed by atoms with E-state index in [9.17, 15) is 9.90 Å². The molecule has 0 fully saturated rings. The Balaban J connectivity index is 1.65. The van der Waals surface area contributed by atoms with Crippen molar-refractivity contribution in [3.63, 3.8) is 0 Å². The van der Waals surface area contributed by atoms with E-state index in [-0.39, 0.29) is 18.4 Å². The molecule has 0 bridgehead atoms. The van der Waals surface area contributed by atoms with Crippen molar-refractivity contribution in [2.24, 2.45) is 0 Å². The number of imidazole rings is 1. The quantitative estimate of drug-likeness (QED) is 0.450. The third kappa shape index (κ3) is 3.85. The first-order valence-electron chi connectivity index (χ1n) is 9.18. The fraction of sp³-hybridized carbons (Fsp3) is 0.136. The summed E-state index contributed by atoms with van der Waals surface area (Å²) in [7, 11) is 0. The molecule has 4 rings (SSSR count). The highest BCUT2D eigenvalue weighted by atomic mass is 35.5. The van der Waals surface area contributed by atoms with Crippen LogP contribution in [0.15, 0.2) is 60.8 Å². The number of aliphatic hydroxyl groups is 1. The Morgan fingerprint density at radius 3 is 2.79 bits per heavy atom. The average Bonchev–Trinajstić information content (AvgIpc) is 3.19.